The molecule has 3 aromatic rings. The van der Waals surface area contributed by atoms with Gasteiger partial charge >= 0.3 is 0 Å². The molecular weight excluding hydrogens is 334 g/mol. The maximum atomic E-state index is 4.81. The highest BCUT2D eigenvalue weighted by molar-refractivity contribution is 5.59. The predicted octanol–water partition coefficient (Wildman–Crippen LogP) is 4.43. The molecule has 5 rings (SSSR count). The van der Waals surface area contributed by atoms with Crippen molar-refractivity contribution in [2.75, 3.05) is 0 Å². The highest BCUT2D eigenvalue weighted by Gasteiger charge is 2.36. The Morgan fingerprint density at radius 3 is 2.63 bits per heavy atom. The minimum atomic E-state index is 0.540. The highest BCUT2D eigenvalue weighted by Crippen LogP contribution is 2.44. The van der Waals surface area contributed by atoms with Crippen molar-refractivity contribution in [2.45, 2.75) is 64.5 Å². The lowest BCUT2D eigenvalue weighted by atomic mass is 9.75. The highest BCUT2D eigenvalue weighted by atomic mass is 15.3. The first-order chi connectivity index (χ1) is 13.3. The summed E-state index contributed by atoms with van der Waals surface area (Å²) in [7, 11) is 0. The van der Waals surface area contributed by atoms with Crippen molar-refractivity contribution in [1.82, 2.24) is 24.5 Å². The van der Waals surface area contributed by atoms with Crippen LogP contribution in [0.25, 0.3) is 11.5 Å². The summed E-state index contributed by atoms with van der Waals surface area (Å²) in [5.74, 6) is 3.40. The molecule has 140 valence electrons. The van der Waals surface area contributed by atoms with E-state index < -0.39 is 0 Å². The van der Waals surface area contributed by atoms with E-state index in [1.165, 1.54) is 48.9 Å². The van der Waals surface area contributed by atoms with E-state index in [4.69, 9.17) is 5.10 Å². The van der Waals surface area contributed by atoms with Gasteiger partial charge in [-0.25, -0.2) is 0 Å². The third-order valence-corrected chi connectivity index (χ3v) is 6.40. The summed E-state index contributed by atoms with van der Waals surface area (Å²) in [4.78, 5) is 0. The zero-order valence-corrected chi connectivity index (χ0v) is 16.0. The van der Waals surface area contributed by atoms with Crippen LogP contribution in [-0.2, 0) is 19.5 Å². The topological polar surface area (TPSA) is 48.5 Å². The summed E-state index contributed by atoms with van der Waals surface area (Å²) in [5, 5.41) is 13.9. The number of rotatable bonds is 4. The molecule has 27 heavy (non-hydrogen) atoms. The zero-order chi connectivity index (χ0) is 18.2. The smallest absolute Gasteiger partial charge is 0.182 e. The van der Waals surface area contributed by atoms with Gasteiger partial charge < -0.3 is 4.57 Å². The van der Waals surface area contributed by atoms with Gasteiger partial charge in [-0.05, 0) is 24.3 Å². The van der Waals surface area contributed by atoms with E-state index in [0.717, 1.165) is 37.1 Å². The third kappa shape index (κ3) is 2.89. The molecule has 0 radical (unpaired) electrons. The van der Waals surface area contributed by atoms with Crippen molar-refractivity contribution in [3.8, 4) is 11.5 Å². The summed E-state index contributed by atoms with van der Waals surface area (Å²) in [6.07, 6.45) is 9.84. The minimum absolute atomic E-state index is 0.540. The number of aromatic nitrogens is 5. The molecule has 1 aliphatic heterocycles. The lowest BCUT2D eigenvalue weighted by Gasteiger charge is -2.34. The quantitative estimate of drug-likeness (QED) is 0.691. The Bertz CT molecular complexity index is 918. The van der Waals surface area contributed by atoms with Gasteiger partial charge in [0.15, 0.2) is 5.82 Å². The van der Waals surface area contributed by atoms with E-state index in [-0.39, 0.29) is 0 Å². The Hall–Kier alpha value is -2.43. The maximum absolute atomic E-state index is 4.81. The Morgan fingerprint density at radius 1 is 1.04 bits per heavy atom. The van der Waals surface area contributed by atoms with Crippen LogP contribution in [0.15, 0.2) is 36.5 Å². The SMILES string of the molecule is CCc1nnc2n1CC(C1CCCCC1)c1cnn(Cc3ccccc3)c1-2. The van der Waals surface area contributed by atoms with Gasteiger partial charge in [-0.2, -0.15) is 5.10 Å². The molecule has 5 nitrogen and oxygen atoms in total. The molecule has 1 saturated carbocycles. The molecule has 5 heteroatoms. The zero-order valence-electron chi connectivity index (χ0n) is 16.0. The lowest BCUT2D eigenvalue weighted by molar-refractivity contribution is 0.279. The second kappa shape index (κ2) is 6.95. The molecule has 0 N–H and O–H groups in total. The summed E-state index contributed by atoms with van der Waals surface area (Å²) in [6.45, 7) is 3.96. The van der Waals surface area contributed by atoms with Crippen LogP contribution in [0.5, 0.6) is 0 Å². The average molecular weight is 361 g/mol. The van der Waals surface area contributed by atoms with E-state index >= 15 is 0 Å². The van der Waals surface area contributed by atoms with Crippen LogP contribution in [-0.4, -0.2) is 24.5 Å². The van der Waals surface area contributed by atoms with Gasteiger partial charge in [-0.3, -0.25) is 4.68 Å². The molecule has 0 amide bonds. The van der Waals surface area contributed by atoms with Crippen molar-refractivity contribution in [3.63, 3.8) is 0 Å². The number of fused-ring (bicyclic) bond motifs is 3. The van der Waals surface area contributed by atoms with E-state index in [1.807, 2.05) is 0 Å². The molecule has 1 aromatic carbocycles. The van der Waals surface area contributed by atoms with Gasteiger partial charge in [-0.15, -0.1) is 10.2 Å². The molecule has 1 unspecified atom stereocenters. The Morgan fingerprint density at radius 2 is 1.85 bits per heavy atom. The number of aryl methyl sites for hydroxylation is 1. The van der Waals surface area contributed by atoms with Crippen molar-refractivity contribution < 1.29 is 0 Å². The average Bonchev–Trinajstić information content (AvgIpc) is 3.32. The van der Waals surface area contributed by atoms with Crippen molar-refractivity contribution >= 4 is 0 Å². The molecular formula is C22H27N5. The Kier molecular flexibility index (Phi) is 4.30. The number of hydrogen-bond acceptors (Lipinski definition) is 3. The summed E-state index contributed by atoms with van der Waals surface area (Å²) >= 11 is 0. The fraction of sp³-hybridized carbons (Fsp3) is 0.500. The monoisotopic (exact) mass is 361 g/mol. The third-order valence-electron chi connectivity index (χ3n) is 6.40. The van der Waals surface area contributed by atoms with Gasteiger partial charge in [0.1, 0.15) is 11.5 Å². The number of hydrogen-bond donors (Lipinski definition) is 0. The number of benzene rings is 1. The second-order valence-corrected chi connectivity index (χ2v) is 8.00. The van der Waals surface area contributed by atoms with Crippen molar-refractivity contribution in [3.05, 3.63) is 53.5 Å². The first-order valence-corrected chi connectivity index (χ1v) is 10.4. The lowest BCUT2D eigenvalue weighted by Crippen LogP contribution is -2.26. The van der Waals surface area contributed by atoms with Crippen LogP contribution in [0, 0.1) is 5.92 Å². The molecule has 1 atom stereocenters. The largest absolute Gasteiger partial charge is 0.309 e. The Balaban J connectivity index is 1.59. The van der Waals surface area contributed by atoms with E-state index in [9.17, 15) is 0 Å². The fourth-order valence-corrected chi connectivity index (χ4v) is 4.99. The molecule has 1 aliphatic carbocycles. The Labute approximate surface area is 160 Å². The van der Waals surface area contributed by atoms with Gasteiger partial charge in [-0.1, -0.05) is 56.5 Å². The predicted molar refractivity (Wildman–Crippen MR) is 105 cm³/mol. The van der Waals surface area contributed by atoms with Crippen LogP contribution in [0.2, 0.25) is 0 Å². The molecule has 1 fully saturated rings. The molecule has 0 saturated heterocycles. The molecule has 2 aliphatic rings. The molecule has 3 heterocycles. The van der Waals surface area contributed by atoms with Crippen molar-refractivity contribution in [1.29, 1.82) is 0 Å². The maximum Gasteiger partial charge on any atom is 0.182 e. The first-order valence-electron chi connectivity index (χ1n) is 10.4. The van der Waals surface area contributed by atoms with Crippen LogP contribution in [0.3, 0.4) is 0 Å². The number of nitrogens with zero attached hydrogens (tertiary/aromatic N) is 5. The molecule has 0 bridgehead atoms. The standard InChI is InChI=1S/C22H27N5/c1-2-20-24-25-22-21-18(13-23-27(21)14-16-9-5-3-6-10-16)19(15-26(20)22)17-11-7-4-8-12-17/h3,5-6,9-10,13,17,19H,2,4,7-8,11-12,14-15H2,1H3. The normalized spacial score (nSPS) is 19.7. The molecule has 0 spiro atoms. The summed E-state index contributed by atoms with van der Waals surface area (Å²) < 4.78 is 4.50. The van der Waals surface area contributed by atoms with Crippen LogP contribution < -0.4 is 0 Å². The van der Waals surface area contributed by atoms with E-state index in [0.29, 0.717) is 5.92 Å². The van der Waals surface area contributed by atoms with Gasteiger partial charge in [0, 0.05) is 24.4 Å². The van der Waals surface area contributed by atoms with Crippen LogP contribution in [0.1, 0.15) is 61.9 Å². The van der Waals surface area contributed by atoms with Gasteiger partial charge in [0.25, 0.3) is 0 Å². The van der Waals surface area contributed by atoms with Crippen molar-refractivity contribution in [2.24, 2.45) is 5.92 Å². The summed E-state index contributed by atoms with van der Waals surface area (Å²) in [5.41, 5.74) is 3.85. The van der Waals surface area contributed by atoms with Gasteiger partial charge in [0.05, 0.1) is 12.7 Å². The van der Waals surface area contributed by atoms with Gasteiger partial charge in [0.2, 0.25) is 0 Å². The van der Waals surface area contributed by atoms with E-state index in [2.05, 4.69) is 62.9 Å². The van der Waals surface area contributed by atoms with Crippen LogP contribution in [0.4, 0.5) is 0 Å². The summed E-state index contributed by atoms with van der Waals surface area (Å²) in [6, 6.07) is 10.6. The molecule has 2 aromatic heterocycles. The second-order valence-electron chi connectivity index (χ2n) is 8.00. The minimum Gasteiger partial charge on any atom is -0.309 e. The van der Waals surface area contributed by atoms with E-state index in [1.54, 1.807) is 0 Å². The fourth-order valence-electron chi connectivity index (χ4n) is 4.99. The first kappa shape index (κ1) is 16.7. The van der Waals surface area contributed by atoms with Crippen LogP contribution >= 0.6 is 0 Å².